The molecule has 1 atom stereocenters. The van der Waals surface area contributed by atoms with E-state index >= 15 is 0 Å². The Kier molecular flexibility index (Phi) is 4.74. The van der Waals surface area contributed by atoms with Crippen molar-refractivity contribution >= 4 is 5.91 Å². The average Bonchev–Trinajstić information content (AvgIpc) is 3.24. The van der Waals surface area contributed by atoms with E-state index in [2.05, 4.69) is 48.1 Å². The largest absolute Gasteiger partial charge is 0.351 e. The van der Waals surface area contributed by atoms with Gasteiger partial charge < -0.3 is 5.32 Å². The summed E-state index contributed by atoms with van der Waals surface area (Å²) >= 11 is 0. The first-order valence-electron chi connectivity index (χ1n) is 6.85. The van der Waals surface area contributed by atoms with Gasteiger partial charge in [0.25, 0.3) is 0 Å². The minimum Gasteiger partial charge on any atom is -0.351 e. The monoisotopic (exact) mass is 258 g/mol. The summed E-state index contributed by atoms with van der Waals surface area (Å²) in [5, 5.41) is 2.92. The highest BCUT2D eigenvalue weighted by atomic mass is 16.1. The molecule has 1 aliphatic carbocycles. The van der Waals surface area contributed by atoms with Crippen molar-refractivity contribution in [3.8, 4) is 0 Å². The molecule has 0 heterocycles. The van der Waals surface area contributed by atoms with Crippen LogP contribution < -0.4 is 5.32 Å². The molecule has 2 rings (SSSR count). The number of benzene rings is 1. The van der Waals surface area contributed by atoms with Crippen LogP contribution in [0.1, 0.15) is 18.4 Å². The second kappa shape index (κ2) is 6.53. The Hall–Kier alpha value is -1.61. The summed E-state index contributed by atoms with van der Waals surface area (Å²) in [4.78, 5) is 13.6. The van der Waals surface area contributed by atoms with Crippen LogP contribution in [-0.4, -0.2) is 30.4 Å². The third-order valence-corrected chi connectivity index (χ3v) is 3.68. The molecular formula is C16H22N2O. The van der Waals surface area contributed by atoms with Crippen molar-refractivity contribution < 1.29 is 4.79 Å². The number of amides is 1. The number of nitrogens with zero attached hydrogens (tertiary/aromatic N) is 1. The van der Waals surface area contributed by atoms with E-state index < -0.39 is 0 Å². The Labute approximate surface area is 115 Å². The van der Waals surface area contributed by atoms with Crippen LogP contribution in [0.3, 0.4) is 0 Å². The SMILES string of the molecule is C=CC(=O)NCC(C1CC1)N(C)Cc1ccccc1. The summed E-state index contributed by atoms with van der Waals surface area (Å²) in [5.74, 6) is 0.637. The summed E-state index contributed by atoms with van der Waals surface area (Å²) in [7, 11) is 2.13. The molecule has 1 aromatic carbocycles. The van der Waals surface area contributed by atoms with E-state index in [0.717, 1.165) is 12.5 Å². The molecule has 102 valence electrons. The van der Waals surface area contributed by atoms with E-state index in [1.54, 1.807) is 0 Å². The minimum atomic E-state index is -0.0845. The van der Waals surface area contributed by atoms with Gasteiger partial charge in [-0.15, -0.1) is 0 Å². The average molecular weight is 258 g/mol. The van der Waals surface area contributed by atoms with Gasteiger partial charge >= 0.3 is 0 Å². The van der Waals surface area contributed by atoms with Gasteiger partial charge in [0.1, 0.15) is 0 Å². The fraction of sp³-hybridized carbons (Fsp3) is 0.438. The van der Waals surface area contributed by atoms with Gasteiger partial charge in [0.05, 0.1) is 0 Å². The molecule has 0 aromatic heterocycles. The van der Waals surface area contributed by atoms with Crippen molar-refractivity contribution in [2.24, 2.45) is 5.92 Å². The third-order valence-electron chi connectivity index (χ3n) is 3.68. The van der Waals surface area contributed by atoms with E-state index in [4.69, 9.17) is 0 Å². The maximum absolute atomic E-state index is 11.3. The highest BCUT2D eigenvalue weighted by Crippen LogP contribution is 2.35. The van der Waals surface area contributed by atoms with Crippen molar-refractivity contribution in [1.82, 2.24) is 10.2 Å². The van der Waals surface area contributed by atoms with E-state index in [-0.39, 0.29) is 5.91 Å². The summed E-state index contributed by atoms with van der Waals surface area (Å²) < 4.78 is 0. The van der Waals surface area contributed by atoms with Crippen molar-refractivity contribution in [1.29, 1.82) is 0 Å². The lowest BCUT2D eigenvalue weighted by Crippen LogP contribution is -2.42. The van der Waals surface area contributed by atoms with Crippen molar-refractivity contribution in [3.05, 3.63) is 48.6 Å². The number of rotatable bonds is 7. The first-order chi connectivity index (χ1) is 9.20. The van der Waals surface area contributed by atoms with E-state index in [9.17, 15) is 4.79 Å². The molecule has 3 nitrogen and oxygen atoms in total. The summed E-state index contributed by atoms with van der Waals surface area (Å²) in [6.07, 6.45) is 3.88. The lowest BCUT2D eigenvalue weighted by atomic mass is 10.1. The molecule has 1 amide bonds. The quantitative estimate of drug-likeness (QED) is 0.760. The molecule has 0 radical (unpaired) electrons. The van der Waals surface area contributed by atoms with E-state index in [1.165, 1.54) is 24.5 Å². The van der Waals surface area contributed by atoms with Crippen LogP contribution in [0.15, 0.2) is 43.0 Å². The normalized spacial score (nSPS) is 16.1. The Morgan fingerprint density at radius 3 is 2.74 bits per heavy atom. The van der Waals surface area contributed by atoms with Crippen LogP contribution in [0.2, 0.25) is 0 Å². The molecule has 19 heavy (non-hydrogen) atoms. The summed E-state index contributed by atoms with van der Waals surface area (Å²) in [6.45, 7) is 5.12. The van der Waals surface area contributed by atoms with Crippen LogP contribution in [0.25, 0.3) is 0 Å². The maximum atomic E-state index is 11.3. The van der Waals surface area contributed by atoms with Gasteiger partial charge in [0, 0.05) is 19.1 Å². The summed E-state index contributed by atoms with van der Waals surface area (Å²) in [6, 6.07) is 10.9. The molecule has 0 bridgehead atoms. The number of hydrogen-bond donors (Lipinski definition) is 1. The second-order valence-corrected chi connectivity index (χ2v) is 5.25. The van der Waals surface area contributed by atoms with Crippen molar-refractivity contribution in [3.63, 3.8) is 0 Å². The zero-order valence-corrected chi connectivity index (χ0v) is 11.5. The number of carbonyl (C=O) groups excluding carboxylic acids is 1. The van der Waals surface area contributed by atoms with Crippen LogP contribution >= 0.6 is 0 Å². The van der Waals surface area contributed by atoms with Gasteiger partial charge in [-0.3, -0.25) is 9.69 Å². The van der Waals surface area contributed by atoms with Crippen LogP contribution in [0.4, 0.5) is 0 Å². The molecular weight excluding hydrogens is 236 g/mol. The zero-order valence-electron chi connectivity index (χ0n) is 11.5. The maximum Gasteiger partial charge on any atom is 0.243 e. The predicted molar refractivity (Wildman–Crippen MR) is 77.6 cm³/mol. The highest BCUT2D eigenvalue weighted by Gasteiger charge is 2.33. The Morgan fingerprint density at radius 1 is 1.47 bits per heavy atom. The molecule has 0 aliphatic heterocycles. The number of likely N-dealkylation sites (N-methyl/N-ethyl adjacent to an activating group) is 1. The van der Waals surface area contributed by atoms with E-state index in [0.29, 0.717) is 12.6 Å². The van der Waals surface area contributed by atoms with Gasteiger partial charge in [-0.2, -0.15) is 0 Å². The van der Waals surface area contributed by atoms with Crippen LogP contribution in [0, 0.1) is 5.92 Å². The smallest absolute Gasteiger partial charge is 0.243 e. The molecule has 0 saturated heterocycles. The van der Waals surface area contributed by atoms with Gasteiger partial charge in [-0.25, -0.2) is 0 Å². The van der Waals surface area contributed by atoms with E-state index in [1.807, 2.05) is 6.07 Å². The van der Waals surface area contributed by atoms with Gasteiger partial charge in [0.15, 0.2) is 0 Å². The molecule has 1 saturated carbocycles. The van der Waals surface area contributed by atoms with Gasteiger partial charge in [0.2, 0.25) is 5.91 Å². The topological polar surface area (TPSA) is 32.3 Å². The zero-order chi connectivity index (χ0) is 13.7. The van der Waals surface area contributed by atoms with Crippen molar-refractivity contribution in [2.45, 2.75) is 25.4 Å². The highest BCUT2D eigenvalue weighted by molar-refractivity contribution is 5.86. The number of carbonyl (C=O) groups is 1. The molecule has 1 N–H and O–H groups in total. The Balaban J connectivity index is 1.91. The molecule has 1 aliphatic rings. The predicted octanol–water partition coefficient (Wildman–Crippen LogP) is 2.20. The number of nitrogens with one attached hydrogen (secondary N) is 1. The first kappa shape index (κ1) is 13.8. The van der Waals surface area contributed by atoms with Gasteiger partial charge in [-0.1, -0.05) is 36.9 Å². The summed E-state index contributed by atoms with van der Waals surface area (Å²) in [5.41, 5.74) is 1.31. The fourth-order valence-corrected chi connectivity index (χ4v) is 2.43. The molecule has 0 spiro atoms. The number of hydrogen-bond acceptors (Lipinski definition) is 2. The Bertz CT molecular complexity index is 426. The minimum absolute atomic E-state index is 0.0845. The Morgan fingerprint density at radius 2 is 2.16 bits per heavy atom. The molecule has 1 unspecified atom stereocenters. The lowest BCUT2D eigenvalue weighted by molar-refractivity contribution is -0.116. The molecule has 3 heteroatoms. The van der Waals surface area contributed by atoms with Crippen LogP contribution in [0.5, 0.6) is 0 Å². The molecule has 1 aromatic rings. The van der Waals surface area contributed by atoms with Crippen LogP contribution in [-0.2, 0) is 11.3 Å². The van der Waals surface area contributed by atoms with Crippen molar-refractivity contribution in [2.75, 3.05) is 13.6 Å². The fourth-order valence-electron chi connectivity index (χ4n) is 2.43. The van der Waals surface area contributed by atoms with Gasteiger partial charge in [-0.05, 0) is 37.4 Å². The standard InChI is InChI=1S/C16H22N2O/c1-3-16(19)17-11-15(14-9-10-14)18(2)12-13-7-5-4-6-8-13/h3-8,14-15H,1,9-12H2,2H3,(H,17,19). The molecule has 1 fully saturated rings. The second-order valence-electron chi connectivity index (χ2n) is 5.25. The third kappa shape index (κ3) is 4.21. The first-order valence-corrected chi connectivity index (χ1v) is 6.85. The lowest BCUT2D eigenvalue weighted by Gasteiger charge is -2.28.